The normalized spacial score (nSPS) is 35.8. The molecule has 4 aliphatic carbocycles. The van der Waals surface area contributed by atoms with Gasteiger partial charge in [-0.1, -0.05) is 30.6 Å². The fourth-order valence-electron chi connectivity index (χ4n) is 7.45. The SMILES string of the molecule is CC#C[C@]1(N)CC[C@H]2[C@@H]3CCC4=CC(=O)CCC4=C3[C@@H](c3ccc(N(C)C)cc3)C[C@@]21C. The molecule has 1 aromatic carbocycles. The van der Waals surface area contributed by atoms with Crippen molar-refractivity contribution in [3.8, 4) is 11.8 Å². The molecule has 0 aromatic heterocycles. The maximum absolute atomic E-state index is 12.2. The van der Waals surface area contributed by atoms with Crippen LogP contribution in [0.1, 0.15) is 70.3 Å². The van der Waals surface area contributed by atoms with Crippen molar-refractivity contribution in [2.75, 3.05) is 19.0 Å². The number of allylic oxidation sites excluding steroid dienone is 4. The van der Waals surface area contributed by atoms with Crippen molar-refractivity contribution in [1.82, 2.24) is 0 Å². The molecule has 5 atom stereocenters. The fraction of sp³-hybridized carbons (Fsp3) is 0.552. The lowest BCUT2D eigenvalue weighted by atomic mass is 9.51. The van der Waals surface area contributed by atoms with Crippen LogP contribution < -0.4 is 10.6 Å². The molecule has 0 amide bonds. The Bertz CT molecular complexity index is 1070. The molecule has 2 fully saturated rings. The molecule has 1 aromatic rings. The third-order valence-corrected chi connectivity index (χ3v) is 9.15. The van der Waals surface area contributed by atoms with Gasteiger partial charge in [-0.2, -0.15) is 0 Å². The minimum Gasteiger partial charge on any atom is -0.378 e. The Kier molecular flexibility index (Phi) is 5.13. The zero-order valence-corrected chi connectivity index (χ0v) is 20.0. The molecule has 168 valence electrons. The molecule has 32 heavy (non-hydrogen) atoms. The minimum absolute atomic E-state index is 0.00132. The first-order valence-corrected chi connectivity index (χ1v) is 12.2. The topological polar surface area (TPSA) is 46.3 Å². The number of hydrogen-bond acceptors (Lipinski definition) is 3. The number of fused-ring (bicyclic) bond motifs is 4. The lowest BCUT2D eigenvalue weighted by Gasteiger charge is -2.54. The van der Waals surface area contributed by atoms with Crippen LogP contribution in [0.15, 0.2) is 47.1 Å². The third kappa shape index (κ3) is 3.11. The molecule has 0 heterocycles. The molecule has 0 bridgehead atoms. The van der Waals surface area contributed by atoms with Crippen LogP contribution in [0.5, 0.6) is 0 Å². The van der Waals surface area contributed by atoms with Crippen molar-refractivity contribution in [3.63, 3.8) is 0 Å². The molecule has 4 aliphatic rings. The Balaban J connectivity index is 1.67. The third-order valence-electron chi connectivity index (χ3n) is 9.15. The molecule has 0 saturated heterocycles. The van der Waals surface area contributed by atoms with Gasteiger partial charge < -0.3 is 10.6 Å². The van der Waals surface area contributed by atoms with Gasteiger partial charge in [0, 0.05) is 37.5 Å². The lowest BCUT2D eigenvalue weighted by molar-refractivity contribution is -0.114. The predicted octanol–water partition coefficient (Wildman–Crippen LogP) is 5.37. The summed E-state index contributed by atoms with van der Waals surface area (Å²) < 4.78 is 0. The molecular formula is C29H36N2O. The predicted molar refractivity (Wildman–Crippen MR) is 131 cm³/mol. The minimum atomic E-state index is -0.414. The van der Waals surface area contributed by atoms with Gasteiger partial charge in [-0.3, -0.25) is 4.79 Å². The second-order valence-electron chi connectivity index (χ2n) is 10.9. The van der Waals surface area contributed by atoms with E-state index < -0.39 is 5.54 Å². The van der Waals surface area contributed by atoms with E-state index >= 15 is 0 Å². The highest BCUT2D eigenvalue weighted by molar-refractivity contribution is 5.93. The maximum Gasteiger partial charge on any atom is 0.156 e. The largest absolute Gasteiger partial charge is 0.378 e. The van der Waals surface area contributed by atoms with Crippen molar-refractivity contribution in [2.24, 2.45) is 23.0 Å². The Hall–Kier alpha value is -2.31. The Morgan fingerprint density at radius 3 is 2.53 bits per heavy atom. The van der Waals surface area contributed by atoms with Crippen molar-refractivity contribution >= 4 is 11.5 Å². The summed E-state index contributed by atoms with van der Waals surface area (Å²) in [5.74, 6) is 8.41. The average Bonchev–Trinajstić information content (AvgIpc) is 3.03. The number of anilines is 1. The number of nitrogens with two attached hydrogens (primary N) is 1. The monoisotopic (exact) mass is 428 g/mol. The number of benzene rings is 1. The smallest absolute Gasteiger partial charge is 0.156 e. The van der Waals surface area contributed by atoms with Crippen LogP contribution in [0, 0.1) is 29.1 Å². The molecule has 0 unspecified atom stereocenters. The van der Waals surface area contributed by atoms with Crippen LogP contribution in [-0.2, 0) is 4.79 Å². The van der Waals surface area contributed by atoms with E-state index in [0.29, 0.717) is 30.0 Å². The van der Waals surface area contributed by atoms with Crippen LogP contribution in [0.3, 0.4) is 0 Å². The quantitative estimate of drug-likeness (QED) is 0.644. The molecule has 2 saturated carbocycles. The molecular weight excluding hydrogens is 392 g/mol. The van der Waals surface area contributed by atoms with Crippen LogP contribution in [0.4, 0.5) is 5.69 Å². The van der Waals surface area contributed by atoms with E-state index in [4.69, 9.17) is 5.73 Å². The zero-order chi connectivity index (χ0) is 22.7. The Morgan fingerprint density at radius 1 is 1.09 bits per heavy atom. The summed E-state index contributed by atoms with van der Waals surface area (Å²) in [7, 11) is 4.17. The first-order valence-electron chi connectivity index (χ1n) is 12.2. The number of nitrogens with zero attached hydrogens (tertiary/aromatic N) is 1. The summed E-state index contributed by atoms with van der Waals surface area (Å²) >= 11 is 0. The van der Waals surface area contributed by atoms with E-state index in [9.17, 15) is 4.79 Å². The van der Waals surface area contributed by atoms with Gasteiger partial charge in [0.1, 0.15) is 0 Å². The van der Waals surface area contributed by atoms with Crippen molar-refractivity contribution in [2.45, 2.75) is 70.3 Å². The number of carbonyl (C=O) groups excluding carboxylic acids is 1. The Labute approximate surface area is 193 Å². The van der Waals surface area contributed by atoms with Gasteiger partial charge in [-0.25, -0.2) is 0 Å². The van der Waals surface area contributed by atoms with Crippen LogP contribution in [-0.4, -0.2) is 25.4 Å². The number of ketones is 1. The number of carbonyl (C=O) groups is 1. The highest BCUT2D eigenvalue weighted by atomic mass is 16.1. The van der Waals surface area contributed by atoms with E-state index in [1.807, 2.05) is 13.0 Å². The first kappa shape index (κ1) is 21.5. The Morgan fingerprint density at radius 2 is 1.84 bits per heavy atom. The summed E-state index contributed by atoms with van der Waals surface area (Å²) in [5.41, 5.74) is 13.7. The standard InChI is InChI=1S/C29H36N2O/c1-5-15-29(30)16-14-26-24-12-8-20-17-22(32)11-13-23(20)27(24)25(18-28(26,29)2)19-6-9-21(10-7-19)31(3)4/h6-7,9-10,17,24-26H,8,11-14,16,18,30H2,1-4H3/t24-,25+,26-,28-,29-/m0/s1. The molecule has 0 radical (unpaired) electrons. The van der Waals surface area contributed by atoms with Gasteiger partial charge >= 0.3 is 0 Å². The molecule has 5 rings (SSSR count). The summed E-state index contributed by atoms with van der Waals surface area (Å²) in [4.78, 5) is 14.3. The van der Waals surface area contributed by atoms with Crippen molar-refractivity contribution < 1.29 is 4.79 Å². The van der Waals surface area contributed by atoms with Crippen LogP contribution in [0.2, 0.25) is 0 Å². The van der Waals surface area contributed by atoms with Crippen molar-refractivity contribution in [3.05, 3.63) is 52.6 Å². The molecule has 0 aliphatic heterocycles. The van der Waals surface area contributed by atoms with E-state index in [2.05, 4.69) is 62.0 Å². The van der Waals surface area contributed by atoms with Crippen LogP contribution in [0.25, 0.3) is 0 Å². The van der Waals surface area contributed by atoms with E-state index in [1.54, 1.807) is 5.57 Å². The average molecular weight is 429 g/mol. The van der Waals surface area contributed by atoms with E-state index in [0.717, 1.165) is 38.5 Å². The second kappa shape index (κ2) is 7.63. The molecule has 3 heteroatoms. The second-order valence-corrected chi connectivity index (χ2v) is 10.9. The van der Waals surface area contributed by atoms with E-state index in [-0.39, 0.29) is 5.41 Å². The number of hydrogen-bond donors (Lipinski definition) is 1. The van der Waals surface area contributed by atoms with Gasteiger partial charge in [0.25, 0.3) is 0 Å². The summed E-state index contributed by atoms with van der Waals surface area (Å²) in [5, 5.41) is 0. The maximum atomic E-state index is 12.2. The molecule has 2 N–H and O–H groups in total. The van der Waals surface area contributed by atoms with Gasteiger partial charge in [0.2, 0.25) is 0 Å². The van der Waals surface area contributed by atoms with Crippen molar-refractivity contribution in [1.29, 1.82) is 0 Å². The summed E-state index contributed by atoms with van der Waals surface area (Å²) in [6.45, 7) is 4.35. The highest BCUT2D eigenvalue weighted by Crippen LogP contribution is 2.66. The van der Waals surface area contributed by atoms with Gasteiger partial charge in [-0.05, 0) is 92.2 Å². The number of rotatable bonds is 2. The van der Waals surface area contributed by atoms with Crippen LogP contribution >= 0.6 is 0 Å². The highest BCUT2D eigenvalue weighted by Gasteiger charge is 2.61. The first-order chi connectivity index (χ1) is 15.3. The fourth-order valence-corrected chi connectivity index (χ4v) is 7.45. The van der Waals surface area contributed by atoms with Gasteiger partial charge in [-0.15, -0.1) is 5.92 Å². The molecule has 3 nitrogen and oxygen atoms in total. The van der Waals surface area contributed by atoms with E-state index in [1.165, 1.54) is 22.4 Å². The van der Waals surface area contributed by atoms with Gasteiger partial charge in [0.05, 0.1) is 5.54 Å². The summed E-state index contributed by atoms with van der Waals surface area (Å²) in [6.07, 6.45) is 8.88. The summed E-state index contributed by atoms with van der Waals surface area (Å²) in [6, 6.07) is 9.12. The lowest BCUT2D eigenvalue weighted by Crippen LogP contribution is -2.55. The zero-order valence-electron chi connectivity index (χ0n) is 20.0. The molecule has 0 spiro atoms. The van der Waals surface area contributed by atoms with Gasteiger partial charge in [0.15, 0.2) is 5.78 Å².